The molecule has 0 saturated heterocycles. The molecule has 10 heavy (non-hydrogen) atoms. The Hall–Kier alpha value is -0.650. The Morgan fingerprint density at radius 3 is 2.60 bits per heavy atom. The monoisotopic (exact) mass is 150 g/mol. The van der Waals surface area contributed by atoms with Crippen molar-refractivity contribution in [2.45, 2.75) is 13.0 Å². The Kier molecular flexibility index (Phi) is 4.82. The molecule has 0 aliphatic heterocycles. The van der Waals surface area contributed by atoms with E-state index in [2.05, 4.69) is 9.62 Å². The lowest BCUT2D eigenvalue weighted by Gasteiger charge is -2.06. The standard InChI is InChI=1S/C5H10O5/c1-4(6)9-2-5(7)3-10-8/h5,7-8H,2-3H2,1H3/t5-/m1/s1. The number of carbonyl (C=O) groups excluding carboxylic acids is 1. The highest BCUT2D eigenvalue weighted by Gasteiger charge is 2.04. The zero-order chi connectivity index (χ0) is 7.98. The third-order valence-electron chi connectivity index (χ3n) is 0.746. The first-order chi connectivity index (χ1) is 4.66. The number of carbonyl (C=O) groups is 1. The third-order valence-corrected chi connectivity index (χ3v) is 0.746. The van der Waals surface area contributed by atoms with Crippen LogP contribution < -0.4 is 0 Å². The van der Waals surface area contributed by atoms with Gasteiger partial charge < -0.3 is 9.84 Å². The van der Waals surface area contributed by atoms with E-state index in [1.807, 2.05) is 0 Å². The van der Waals surface area contributed by atoms with Crippen LogP contribution in [0.2, 0.25) is 0 Å². The molecule has 60 valence electrons. The van der Waals surface area contributed by atoms with Gasteiger partial charge in [0, 0.05) is 6.92 Å². The molecule has 0 aromatic carbocycles. The normalized spacial score (nSPS) is 12.7. The average molecular weight is 150 g/mol. The minimum Gasteiger partial charge on any atom is -0.463 e. The molecule has 0 fully saturated rings. The number of ether oxygens (including phenoxy) is 1. The first-order valence-electron chi connectivity index (χ1n) is 2.74. The van der Waals surface area contributed by atoms with Crippen LogP contribution in [0, 0.1) is 0 Å². The summed E-state index contributed by atoms with van der Waals surface area (Å²) in [7, 11) is 0. The van der Waals surface area contributed by atoms with Crippen molar-refractivity contribution >= 4 is 5.97 Å². The average Bonchev–Trinajstić information content (AvgIpc) is 1.85. The summed E-state index contributed by atoms with van der Waals surface area (Å²) in [4.78, 5) is 13.7. The van der Waals surface area contributed by atoms with E-state index in [0.29, 0.717) is 0 Å². The minimum atomic E-state index is -0.964. The molecule has 0 unspecified atom stereocenters. The van der Waals surface area contributed by atoms with Gasteiger partial charge in [0.25, 0.3) is 0 Å². The minimum absolute atomic E-state index is 0.157. The molecule has 0 heterocycles. The van der Waals surface area contributed by atoms with Gasteiger partial charge in [-0.3, -0.25) is 10.1 Å². The van der Waals surface area contributed by atoms with E-state index in [9.17, 15) is 4.79 Å². The molecular formula is C5H10O5. The number of hydrogen-bond acceptors (Lipinski definition) is 5. The molecule has 0 spiro atoms. The summed E-state index contributed by atoms with van der Waals surface area (Å²) in [5.74, 6) is -0.475. The lowest BCUT2D eigenvalue weighted by atomic mass is 10.4. The molecule has 0 aromatic rings. The van der Waals surface area contributed by atoms with Crippen LogP contribution in [0.4, 0.5) is 0 Å². The van der Waals surface area contributed by atoms with E-state index < -0.39 is 12.1 Å². The summed E-state index contributed by atoms with van der Waals surface area (Å²) in [6.07, 6.45) is -0.964. The summed E-state index contributed by atoms with van der Waals surface area (Å²) >= 11 is 0. The predicted octanol–water partition coefficient (Wildman–Crippen LogP) is -0.600. The van der Waals surface area contributed by atoms with Gasteiger partial charge in [-0.2, -0.15) is 0 Å². The highest BCUT2D eigenvalue weighted by atomic mass is 17.1. The zero-order valence-electron chi connectivity index (χ0n) is 5.61. The summed E-state index contributed by atoms with van der Waals surface area (Å²) in [6.45, 7) is 0.815. The van der Waals surface area contributed by atoms with Crippen LogP contribution in [0.5, 0.6) is 0 Å². The van der Waals surface area contributed by atoms with E-state index in [1.165, 1.54) is 6.92 Å². The molecule has 2 N–H and O–H groups in total. The molecule has 0 aliphatic rings. The SMILES string of the molecule is CC(=O)OC[C@@H](O)COO. The summed E-state index contributed by atoms with van der Waals surface area (Å²) in [6, 6.07) is 0. The van der Waals surface area contributed by atoms with Crippen molar-refractivity contribution in [1.29, 1.82) is 0 Å². The summed E-state index contributed by atoms with van der Waals surface area (Å²) < 4.78 is 4.38. The summed E-state index contributed by atoms with van der Waals surface area (Å²) in [5.41, 5.74) is 0. The van der Waals surface area contributed by atoms with E-state index in [0.717, 1.165) is 0 Å². The fraction of sp³-hybridized carbons (Fsp3) is 0.800. The number of aliphatic hydroxyl groups is 1. The van der Waals surface area contributed by atoms with Crippen LogP contribution in [-0.4, -0.2) is 35.7 Å². The largest absolute Gasteiger partial charge is 0.463 e. The van der Waals surface area contributed by atoms with Crippen molar-refractivity contribution < 1.29 is 24.8 Å². The van der Waals surface area contributed by atoms with Crippen molar-refractivity contribution in [2.75, 3.05) is 13.2 Å². The Balaban J connectivity index is 3.21. The number of hydrogen-bond donors (Lipinski definition) is 2. The lowest BCUT2D eigenvalue weighted by molar-refractivity contribution is -0.259. The van der Waals surface area contributed by atoms with Gasteiger partial charge in [0.05, 0.1) is 0 Å². The molecule has 1 atom stereocenters. The summed E-state index contributed by atoms with van der Waals surface area (Å²) in [5, 5.41) is 16.5. The lowest BCUT2D eigenvalue weighted by Crippen LogP contribution is -2.22. The van der Waals surface area contributed by atoms with Gasteiger partial charge >= 0.3 is 5.97 Å². The van der Waals surface area contributed by atoms with Crippen LogP contribution in [-0.2, 0) is 14.4 Å². The highest BCUT2D eigenvalue weighted by molar-refractivity contribution is 5.65. The number of esters is 1. The highest BCUT2D eigenvalue weighted by Crippen LogP contribution is 1.85. The predicted molar refractivity (Wildman–Crippen MR) is 31.2 cm³/mol. The fourth-order valence-electron chi connectivity index (χ4n) is 0.348. The maximum Gasteiger partial charge on any atom is 0.302 e. The molecule has 5 nitrogen and oxygen atoms in total. The second-order valence-corrected chi connectivity index (χ2v) is 1.75. The Morgan fingerprint density at radius 2 is 2.20 bits per heavy atom. The Morgan fingerprint density at radius 1 is 1.60 bits per heavy atom. The molecule has 5 heteroatoms. The maximum absolute atomic E-state index is 10.1. The molecule has 0 saturated carbocycles. The number of rotatable bonds is 4. The quantitative estimate of drug-likeness (QED) is 0.318. The van der Waals surface area contributed by atoms with Crippen molar-refractivity contribution in [1.82, 2.24) is 0 Å². The van der Waals surface area contributed by atoms with Crippen LogP contribution in [0.25, 0.3) is 0 Å². The van der Waals surface area contributed by atoms with Gasteiger partial charge in [0.1, 0.15) is 19.3 Å². The second-order valence-electron chi connectivity index (χ2n) is 1.75. The van der Waals surface area contributed by atoms with Crippen LogP contribution in [0.15, 0.2) is 0 Å². The first-order valence-corrected chi connectivity index (χ1v) is 2.74. The van der Waals surface area contributed by atoms with E-state index >= 15 is 0 Å². The van der Waals surface area contributed by atoms with Gasteiger partial charge in [0.15, 0.2) is 0 Å². The van der Waals surface area contributed by atoms with Crippen molar-refractivity contribution in [3.63, 3.8) is 0 Å². The van der Waals surface area contributed by atoms with Crippen molar-refractivity contribution in [3.8, 4) is 0 Å². The van der Waals surface area contributed by atoms with Gasteiger partial charge in [-0.1, -0.05) is 0 Å². The molecule has 0 rings (SSSR count). The third kappa shape index (κ3) is 5.49. The Labute approximate surface area is 58.1 Å². The Bertz CT molecular complexity index is 102. The first kappa shape index (κ1) is 9.35. The van der Waals surface area contributed by atoms with Crippen LogP contribution >= 0.6 is 0 Å². The molecule has 0 radical (unpaired) electrons. The van der Waals surface area contributed by atoms with Crippen LogP contribution in [0.1, 0.15) is 6.92 Å². The second kappa shape index (κ2) is 5.16. The molecular weight excluding hydrogens is 140 g/mol. The molecule has 0 bridgehead atoms. The fourth-order valence-corrected chi connectivity index (χ4v) is 0.348. The number of aliphatic hydroxyl groups excluding tert-OH is 1. The topological polar surface area (TPSA) is 76.0 Å². The van der Waals surface area contributed by atoms with E-state index in [-0.39, 0.29) is 13.2 Å². The van der Waals surface area contributed by atoms with Crippen molar-refractivity contribution in [3.05, 3.63) is 0 Å². The maximum atomic E-state index is 10.1. The zero-order valence-corrected chi connectivity index (χ0v) is 5.61. The smallest absolute Gasteiger partial charge is 0.302 e. The van der Waals surface area contributed by atoms with E-state index in [1.54, 1.807) is 0 Å². The van der Waals surface area contributed by atoms with E-state index in [4.69, 9.17) is 10.4 Å². The molecule has 0 amide bonds. The van der Waals surface area contributed by atoms with Gasteiger partial charge in [-0.05, 0) is 0 Å². The molecule has 0 aliphatic carbocycles. The van der Waals surface area contributed by atoms with Crippen molar-refractivity contribution in [2.24, 2.45) is 0 Å². The molecule has 0 aromatic heterocycles. The van der Waals surface area contributed by atoms with Gasteiger partial charge in [0.2, 0.25) is 0 Å². The van der Waals surface area contributed by atoms with Gasteiger partial charge in [-0.15, -0.1) is 0 Å². The van der Waals surface area contributed by atoms with Gasteiger partial charge in [-0.25, -0.2) is 4.89 Å². The van der Waals surface area contributed by atoms with Crippen LogP contribution in [0.3, 0.4) is 0 Å².